The number of hydrogen-bond acceptors (Lipinski definition) is 3. The van der Waals surface area contributed by atoms with E-state index in [1.54, 1.807) is 0 Å². The largest absolute Gasteiger partial charge is 0.519 e. The maximum absolute atomic E-state index is 11.9. The van der Waals surface area contributed by atoms with Crippen LogP contribution in [0, 0.1) is 0 Å². The summed E-state index contributed by atoms with van der Waals surface area (Å²) in [6, 6.07) is 7.38. The predicted octanol–water partition coefficient (Wildman–Crippen LogP) is 2.42. The third-order valence-corrected chi connectivity index (χ3v) is 3.64. The minimum absolute atomic E-state index is 0.301. The van der Waals surface area contributed by atoms with Crippen LogP contribution in [0.25, 0.3) is 10.9 Å². The Balaban J connectivity index is 2.10. The normalized spacial score (nSPS) is 13.5. The number of H-pyrrole nitrogens is 1. The highest BCUT2D eigenvalue weighted by atomic mass is 28.4. The van der Waals surface area contributed by atoms with E-state index in [1.807, 2.05) is 50.1 Å². The lowest BCUT2D eigenvalue weighted by atomic mass is 10.1. The molecule has 5 heteroatoms. The van der Waals surface area contributed by atoms with Crippen LogP contribution in [0.15, 0.2) is 30.5 Å². The molecule has 1 aromatic heterocycles. The predicted molar refractivity (Wildman–Crippen MR) is 79.4 cm³/mol. The van der Waals surface area contributed by atoms with Gasteiger partial charge in [-0.3, -0.25) is 4.79 Å². The van der Waals surface area contributed by atoms with Gasteiger partial charge in [0.2, 0.25) is 8.32 Å². The molecule has 19 heavy (non-hydrogen) atoms. The third kappa shape index (κ3) is 3.45. The van der Waals surface area contributed by atoms with E-state index in [2.05, 4.69) is 4.98 Å². The average molecular weight is 276 g/mol. The monoisotopic (exact) mass is 276 g/mol. The number of aromatic amines is 1. The molecule has 1 heterocycles. The van der Waals surface area contributed by atoms with Gasteiger partial charge in [-0.05, 0) is 31.3 Å². The van der Waals surface area contributed by atoms with Crippen molar-refractivity contribution in [2.24, 2.45) is 5.73 Å². The zero-order valence-electron chi connectivity index (χ0n) is 11.6. The van der Waals surface area contributed by atoms with Crippen LogP contribution in [0.2, 0.25) is 19.6 Å². The summed E-state index contributed by atoms with van der Waals surface area (Å²) in [6.07, 6.45) is 2.40. The lowest BCUT2D eigenvalue weighted by molar-refractivity contribution is -0.136. The van der Waals surface area contributed by atoms with Gasteiger partial charge in [-0.15, -0.1) is 0 Å². The van der Waals surface area contributed by atoms with E-state index in [1.165, 1.54) is 0 Å². The molecule has 1 atom stereocenters. The lowest BCUT2D eigenvalue weighted by Crippen LogP contribution is -2.40. The summed E-state index contributed by atoms with van der Waals surface area (Å²) >= 11 is 0. The first-order valence-electron chi connectivity index (χ1n) is 6.40. The summed E-state index contributed by atoms with van der Waals surface area (Å²) in [5.41, 5.74) is 8.05. The summed E-state index contributed by atoms with van der Waals surface area (Å²) in [5.74, 6) is -0.301. The first kappa shape index (κ1) is 13.8. The summed E-state index contributed by atoms with van der Waals surface area (Å²) in [7, 11) is -1.88. The Morgan fingerprint density at radius 3 is 2.74 bits per heavy atom. The number of para-hydroxylation sites is 1. The summed E-state index contributed by atoms with van der Waals surface area (Å²) < 4.78 is 5.43. The molecule has 2 rings (SSSR count). The molecule has 3 N–H and O–H groups in total. The van der Waals surface area contributed by atoms with Gasteiger partial charge >= 0.3 is 5.97 Å². The maximum atomic E-state index is 11.9. The third-order valence-electron chi connectivity index (χ3n) is 2.82. The Morgan fingerprint density at radius 1 is 1.37 bits per heavy atom. The number of nitrogens with two attached hydrogens (primary N) is 1. The van der Waals surface area contributed by atoms with E-state index in [-0.39, 0.29) is 5.97 Å². The molecule has 0 bridgehead atoms. The first-order chi connectivity index (χ1) is 8.87. The van der Waals surface area contributed by atoms with Gasteiger partial charge in [0.1, 0.15) is 6.04 Å². The van der Waals surface area contributed by atoms with Gasteiger partial charge in [0.05, 0.1) is 0 Å². The number of nitrogens with one attached hydrogen (secondary N) is 1. The molecule has 0 aliphatic carbocycles. The zero-order chi connectivity index (χ0) is 14.0. The van der Waals surface area contributed by atoms with Gasteiger partial charge in [-0.1, -0.05) is 18.2 Å². The van der Waals surface area contributed by atoms with E-state index in [0.29, 0.717) is 6.42 Å². The average Bonchev–Trinajstić information content (AvgIpc) is 2.70. The van der Waals surface area contributed by atoms with Gasteiger partial charge < -0.3 is 15.1 Å². The molecule has 4 nitrogen and oxygen atoms in total. The Labute approximate surface area is 114 Å². The number of fused-ring (bicyclic) bond motifs is 1. The number of benzene rings is 1. The van der Waals surface area contributed by atoms with Gasteiger partial charge in [-0.2, -0.15) is 0 Å². The van der Waals surface area contributed by atoms with Crippen LogP contribution >= 0.6 is 0 Å². The van der Waals surface area contributed by atoms with Crippen molar-refractivity contribution < 1.29 is 9.22 Å². The second kappa shape index (κ2) is 5.18. The van der Waals surface area contributed by atoms with Crippen LogP contribution in [-0.2, 0) is 15.6 Å². The van der Waals surface area contributed by atoms with Crippen LogP contribution in [0.4, 0.5) is 0 Å². The minimum Gasteiger partial charge on any atom is -0.519 e. The molecular weight excluding hydrogens is 256 g/mol. The first-order valence-corrected chi connectivity index (χ1v) is 9.81. The van der Waals surface area contributed by atoms with Crippen molar-refractivity contribution in [3.05, 3.63) is 36.0 Å². The van der Waals surface area contributed by atoms with Crippen molar-refractivity contribution in [2.75, 3.05) is 0 Å². The van der Waals surface area contributed by atoms with Crippen molar-refractivity contribution >= 4 is 25.2 Å². The maximum Gasteiger partial charge on any atom is 0.309 e. The van der Waals surface area contributed by atoms with E-state index in [9.17, 15) is 4.79 Å². The standard InChI is InChI=1S/C14H20N2O2Si/c1-19(2,3)18-14(17)12(15)8-10-9-16-13-7-5-4-6-11(10)13/h4-7,9,12,16H,8,15H2,1-3H3. The molecule has 0 spiro atoms. The van der Waals surface area contributed by atoms with Gasteiger partial charge in [0.25, 0.3) is 0 Å². The Morgan fingerprint density at radius 2 is 2.05 bits per heavy atom. The van der Waals surface area contributed by atoms with Gasteiger partial charge in [0, 0.05) is 23.5 Å². The highest BCUT2D eigenvalue weighted by molar-refractivity contribution is 6.71. The minimum atomic E-state index is -1.88. The Hall–Kier alpha value is -1.59. The van der Waals surface area contributed by atoms with E-state index in [0.717, 1.165) is 16.5 Å². The van der Waals surface area contributed by atoms with Crippen LogP contribution < -0.4 is 5.73 Å². The molecule has 0 saturated carbocycles. The molecule has 0 aliphatic rings. The van der Waals surface area contributed by atoms with Crippen molar-refractivity contribution in [3.63, 3.8) is 0 Å². The van der Waals surface area contributed by atoms with Crippen molar-refractivity contribution in [1.29, 1.82) is 0 Å². The fourth-order valence-electron chi connectivity index (χ4n) is 2.00. The summed E-state index contributed by atoms with van der Waals surface area (Å²) in [4.78, 5) is 15.1. The van der Waals surface area contributed by atoms with E-state index in [4.69, 9.17) is 10.2 Å². The molecule has 0 fully saturated rings. The van der Waals surface area contributed by atoms with Gasteiger partial charge in [-0.25, -0.2) is 0 Å². The molecule has 102 valence electrons. The van der Waals surface area contributed by atoms with Crippen LogP contribution in [0.1, 0.15) is 5.56 Å². The van der Waals surface area contributed by atoms with Crippen LogP contribution in [0.5, 0.6) is 0 Å². The smallest absolute Gasteiger partial charge is 0.309 e. The molecule has 1 unspecified atom stereocenters. The quantitative estimate of drug-likeness (QED) is 0.843. The molecule has 2 aromatic rings. The number of aromatic nitrogens is 1. The highest BCUT2D eigenvalue weighted by Gasteiger charge is 2.24. The molecule has 0 aliphatic heterocycles. The topological polar surface area (TPSA) is 68.1 Å². The Kier molecular flexibility index (Phi) is 3.77. The fraction of sp³-hybridized carbons (Fsp3) is 0.357. The number of hydrogen-bond donors (Lipinski definition) is 2. The summed E-state index contributed by atoms with van der Waals surface area (Å²) in [5, 5.41) is 1.11. The van der Waals surface area contributed by atoms with E-state index >= 15 is 0 Å². The van der Waals surface area contributed by atoms with Crippen LogP contribution in [0.3, 0.4) is 0 Å². The number of carbonyl (C=O) groups is 1. The zero-order valence-corrected chi connectivity index (χ0v) is 12.6. The second-order valence-electron chi connectivity index (χ2n) is 5.70. The summed E-state index contributed by atoms with van der Waals surface area (Å²) in [6.45, 7) is 5.93. The lowest BCUT2D eigenvalue weighted by Gasteiger charge is -2.20. The number of rotatable bonds is 4. The van der Waals surface area contributed by atoms with Crippen molar-refractivity contribution in [3.8, 4) is 0 Å². The van der Waals surface area contributed by atoms with Crippen molar-refractivity contribution in [2.45, 2.75) is 32.1 Å². The molecule has 0 saturated heterocycles. The molecule has 0 amide bonds. The van der Waals surface area contributed by atoms with E-state index < -0.39 is 14.4 Å². The van der Waals surface area contributed by atoms with Crippen LogP contribution in [-0.4, -0.2) is 25.3 Å². The molecule has 0 radical (unpaired) electrons. The number of carbonyl (C=O) groups excluding carboxylic acids is 1. The Bertz CT molecular complexity index is 586. The van der Waals surface area contributed by atoms with Gasteiger partial charge in [0.15, 0.2) is 0 Å². The molecule has 1 aromatic carbocycles. The second-order valence-corrected chi connectivity index (χ2v) is 10.1. The fourth-order valence-corrected chi connectivity index (χ4v) is 2.75. The molecular formula is C14H20N2O2Si. The SMILES string of the molecule is C[Si](C)(C)OC(=O)C(N)Cc1c[nH]c2ccccc12. The van der Waals surface area contributed by atoms with Crippen molar-refractivity contribution in [1.82, 2.24) is 4.98 Å². The highest BCUT2D eigenvalue weighted by Crippen LogP contribution is 2.19.